The van der Waals surface area contributed by atoms with Gasteiger partial charge in [0, 0.05) is 24.6 Å². The van der Waals surface area contributed by atoms with Crippen LogP contribution in [0.1, 0.15) is 56.9 Å². The summed E-state index contributed by atoms with van der Waals surface area (Å²) in [5.41, 5.74) is 1.77. The van der Waals surface area contributed by atoms with E-state index in [0.717, 1.165) is 34.4 Å². The summed E-state index contributed by atoms with van der Waals surface area (Å²) >= 11 is 2.04. The Labute approximate surface area is 177 Å². The number of hydrogen-bond donors (Lipinski definition) is 1. The van der Waals surface area contributed by atoms with E-state index in [-0.39, 0.29) is 18.4 Å². The van der Waals surface area contributed by atoms with Gasteiger partial charge in [-0.1, -0.05) is 19.3 Å². The van der Waals surface area contributed by atoms with Crippen LogP contribution in [-0.4, -0.2) is 53.7 Å². The number of ether oxygens (including phenoxy) is 1. The van der Waals surface area contributed by atoms with Crippen LogP contribution in [0.15, 0.2) is 29.4 Å². The summed E-state index contributed by atoms with van der Waals surface area (Å²) in [6.07, 6.45) is 8.68. The number of methoxy groups -OCH3 is 1. The first-order chi connectivity index (χ1) is 14.2. The van der Waals surface area contributed by atoms with Gasteiger partial charge in [0.2, 0.25) is 11.8 Å². The van der Waals surface area contributed by atoms with Gasteiger partial charge in [-0.25, -0.2) is 5.01 Å². The van der Waals surface area contributed by atoms with E-state index in [4.69, 9.17) is 4.74 Å². The van der Waals surface area contributed by atoms with Crippen molar-refractivity contribution < 1.29 is 14.3 Å². The minimum absolute atomic E-state index is 0.0196. The largest absolute Gasteiger partial charge is 0.497 e. The van der Waals surface area contributed by atoms with Gasteiger partial charge in [-0.15, -0.1) is 0 Å². The Kier molecular flexibility index (Phi) is 8.40. The molecular weight excluding hydrogens is 386 g/mol. The van der Waals surface area contributed by atoms with Crippen LogP contribution in [0.5, 0.6) is 5.75 Å². The highest BCUT2D eigenvalue weighted by Gasteiger charge is 2.23. The van der Waals surface area contributed by atoms with Crippen molar-refractivity contribution in [1.29, 1.82) is 0 Å². The van der Waals surface area contributed by atoms with E-state index in [9.17, 15) is 9.59 Å². The maximum atomic E-state index is 12.3. The van der Waals surface area contributed by atoms with Gasteiger partial charge in [0.05, 0.1) is 12.8 Å². The van der Waals surface area contributed by atoms with Gasteiger partial charge < -0.3 is 10.1 Å². The van der Waals surface area contributed by atoms with Crippen molar-refractivity contribution in [3.8, 4) is 5.75 Å². The molecule has 1 aliphatic carbocycles. The summed E-state index contributed by atoms with van der Waals surface area (Å²) in [4.78, 5) is 24.4. The maximum Gasteiger partial charge on any atom is 0.243 e. The van der Waals surface area contributed by atoms with E-state index >= 15 is 0 Å². The third kappa shape index (κ3) is 6.77. The van der Waals surface area contributed by atoms with Gasteiger partial charge in [0.1, 0.15) is 12.3 Å². The summed E-state index contributed by atoms with van der Waals surface area (Å²) in [6.45, 7) is 0.629. The number of carbonyl (C=O) groups is 2. The molecule has 2 amide bonds. The Bertz CT molecular complexity index is 715. The van der Waals surface area contributed by atoms with Crippen molar-refractivity contribution in [1.82, 2.24) is 10.3 Å². The molecule has 29 heavy (non-hydrogen) atoms. The molecule has 1 aliphatic heterocycles. The van der Waals surface area contributed by atoms with Crippen LogP contribution in [0, 0.1) is 0 Å². The number of nitrogens with zero attached hydrogens (tertiary/aromatic N) is 2. The number of amides is 2. The lowest BCUT2D eigenvalue weighted by molar-refractivity contribution is -0.136. The van der Waals surface area contributed by atoms with Crippen molar-refractivity contribution in [2.75, 3.05) is 26.0 Å². The number of hydrazone groups is 1. The molecule has 0 radical (unpaired) electrons. The van der Waals surface area contributed by atoms with E-state index in [1.165, 1.54) is 37.1 Å². The molecule has 0 bridgehead atoms. The first kappa shape index (κ1) is 21.7. The normalized spacial score (nSPS) is 17.8. The first-order valence-electron chi connectivity index (χ1n) is 10.6. The molecular formula is C22H31N3O3S. The van der Waals surface area contributed by atoms with Crippen LogP contribution < -0.4 is 10.1 Å². The van der Waals surface area contributed by atoms with E-state index in [0.29, 0.717) is 19.4 Å². The van der Waals surface area contributed by atoms with Gasteiger partial charge in [0.15, 0.2) is 0 Å². The predicted octanol–water partition coefficient (Wildman–Crippen LogP) is 3.59. The quantitative estimate of drug-likeness (QED) is 0.623. The van der Waals surface area contributed by atoms with E-state index < -0.39 is 0 Å². The molecule has 2 aliphatic rings. The zero-order valence-electron chi connectivity index (χ0n) is 17.2. The lowest BCUT2D eigenvalue weighted by atomic mass is 10.0. The molecule has 0 spiro atoms. The van der Waals surface area contributed by atoms with E-state index in [1.807, 2.05) is 36.0 Å². The molecule has 1 heterocycles. The fourth-order valence-electron chi connectivity index (χ4n) is 3.69. The number of hydrogen-bond acceptors (Lipinski definition) is 5. The van der Waals surface area contributed by atoms with Gasteiger partial charge in [0.25, 0.3) is 0 Å². The second-order valence-corrected chi connectivity index (χ2v) is 8.97. The van der Waals surface area contributed by atoms with Crippen LogP contribution >= 0.6 is 11.8 Å². The van der Waals surface area contributed by atoms with Crippen LogP contribution in [0.2, 0.25) is 0 Å². The zero-order valence-corrected chi connectivity index (χ0v) is 18.0. The Morgan fingerprint density at radius 3 is 2.69 bits per heavy atom. The van der Waals surface area contributed by atoms with Crippen molar-refractivity contribution in [3.05, 3.63) is 29.8 Å². The van der Waals surface area contributed by atoms with Gasteiger partial charge in [-0.3, -0.25) is 9.59 Å². The Morgan fingerprint density at radius 1 is 1.21 bits per heavy atom. The third-order valence-corrected chi connectivity index (χ3v) is 6.84. The lowest BCUT2D eigenvalue weighted by Gasteiger charge is -2.23. The smallest absolute Gasteiger partial charge is 0.243 e. The molecule has 1 N–H and O–H groups in total. The SMILES string of the molecule is COc1ccc(C2=NN(CC(=O)NCCCSC3CCCCC3)C(=O)CC2)cc1. The Morgan fingerprint density at radius 2 is 1.97 bits per heavy atom. The number of carbonyl (C=O) groups excluding carboxylic acids is 2. The molecule has 1 saturated carbocycles. The van der Waals surface area contributed by atoms with Gasteiger partial charge >= 0.3 is 0 Å². The topological polar surface area (TPSA) is 71.0 Å². The van der Waals surface area contributed by atoms with E-state index in [2.05, 4.69) is 10.4 Å². The third-order valence-electron chi connectivity index (χ3n) is 5.37. The number of benzene rings is 1. The van der Waals surface area contributed by atoms with Crippen LogP contribution in [0.25, 0.3) is 0 Å². The van der Waals surface area contributed by atoms with Crippen LogP contribution in [0.4, 0.5) is 0 Å². The van der Waals surface area contributed by atoms with Crippen molar-refractivity contribution in [2.45, 2.75) is 56.6 Å². The molecule has 3 rings (SSSR count). The zero-order chi connectivity index (χ0) is 20.5. The molecule has 0 unspecified atom stereocenters. The minimum Gasteiger partial charge on any atom is -0.497 e. The summed E-state index contributed by atoms with van der Waals surface area (Å²) in [6, 6.07) is 7.60. The highest BCUT2D eigenvalue weighted by molar-refractivity contribution is 7.99. The summed E-state index contributed by atoms with van der Waals surface area (Å²) in [5, 5.41) is 9.46. The standard InChI is InChI=1S/C22H31N3O3S/c1-28-18-10-8-17(9-11-18)20-12-13-22(27)25(24-20)16-21(26)23-14-5-15-29-19-6-3-2-4-7-19/h8-11,19H,2-7,12-16H2,1H3,(H,23,26). The first-order valence-corrected chi connectivity index (χ1v) is 11.6. The average Bonchev–Trinajstić information content (AvgIpc) is 2.76. The molecule has 158 valence electrons. The minimum atomic E-state index is -0.152. The van der Waals surface area contributed by atoms with E-state index in [1.54, 1.807) is 7.11 Å². The molecule has 1 fully saturated rings. The second kappa shape index (κ2) is 11.2. The monoisotopic (exact) mass is 417 g/mol. The molecule has 1 aromatic carbocycles. The molecule has 6 nitrogen and oxygen atoms in total. The predicted molar refractivity (Wildman–Crippen MR) is 117 cm³/mol. The number of rotatable bonds is 9. The molecule has 1 aromatic rings. The number of thioether (sulfide) groups is 1. The highest BCUT2D eigenvalue weighted by Crippen LogP contribution is 2.28. The van der Waals surface area contributed by atoms with Crippen molar-refractivity contribution in [2.24, 2.45) is 5.10 Å². The summed E-state index contributed by atoms with van der Waals surface area (Å²) < 4.78 is 5.18. The van der Waals surface area contributed by atoms with Crippen molar-refractivity contribution in [3.63, 3.8) is 0 Å². The number of nitrogens with one attached hydrogen (secondary N) is 1. The fourth-order valence-corrected chi connectivity index (χ4v) is 5.00. The highest BCUT2D eigenvalue weighted by atomic mass is 32.2. The van der Waals surface area contributed by atoms with Crippen molar-refractivity contribution >= 4 is 29.3 Å². The second-order valence-electron chi connectivity index (χ2n) is 7.56. The molecule has 0 atom stereocenters. The van der Waals surface area contributed by atoms with Gasteiger partial charge in [-0.05, 0) is 54.8 Å². The maximum absolute atomic E-state index is 12.3. The molecule has 0 aromatic heterocycles. The fraction of sp³-hybridized carbons (Fsp3) is 0.591. The molecule has 0 saturated heterocycles. The Hall–Kier alpha value is -2.02. The van der Waals surface area contributed by atoms with Gasteiger partial charge in [-0.2, -0.15) is 16.9 Å². The van der Waals surface area contributed by atoms with Crippen LogP contribution in [0.3, 0.4) is 0 Å². The summed E-state index contributed by atoms with van der Waals surface area (Å²) in [5.74, 6) is 1.60. The summed E-state index contributed by atoms with van der Waals surface area (Å²) in [7, 11) is 1.63. The van der Waals surface area contributed by atoms with Crippen LogP contribution in [-0.2, 0) is 9.59 Å². The lowest BCUT2D eigenvalue weighted by Crippen LogP contribution is -2.40. The average molecular weight is 418 g/mol. The Balaban J connectivity index is 1.42. The molecule has 7 heteroatoms.